The number of ether oxygens (including phenoxy) is 1. The van der Waals surface area contributed by atoms with Crippen molar-refractivity contribution in [3.05, 3.63) is 70.8 Å². The minimum Gasteiger partial charge on any atom is -0.449 e. The van der Waals surface area contributed by atoms with E-state index < -0.39 is 12.1 Å². The Hall–Kier alpha value is -2.62. The highest BCUT2D eigenvalue weighted by atomic mass is 16.5. The van der Waals surface area contributed by atoms with Gasteiger partial charge in [0.2, 0.25) is 0 Å². The zero-order valence-electron chi connectivity index (χ0n) is 14.6. The second-order valence-electron chi connectivity index (χ2n) is 6.57. The Balaban J connectivity index is 1.62. The van der Waals surface area contributed by atoms with E-state index in [-0.39, 0.29) is 11.9 Å². The quantitative estimate of drug-likeness (QED) is 0.865. The van der Waals surface area contributed by atoms with E-state index in [0.717, 1.165) is 24.8 Å². The largest absolute Gasteiger partial charge is 0.449 e. The number of carbonyl (C=O) groups excluding carboxylic acids is 2. The van der Waals surface area contributed by atoms with Gasteiger partial charge in [0.1, 0.15) is 0 Å². The predicted octanol–water partition coefficient (Wildman–Crippen LogP) is 3.73. The second kappa shape index (κ2) is 7.51. The standard InChI is InChI=1S/C21H23NO3/c1-14-10-12-17(13-11-14)21(24)25-15(2)20(23)22-19-9-5-7-16-6-3-4-8-18(16)19/h3-4,6,8,10-13,15,19H,5,7,9H2,1-2H3,(H,22,23)/t15-,19+/m1/s1. The van der Waals surface area contributed by atoms with Gasteiger partial charge in [0, 0.05) is 0 Å². The number of fused-ring (bicyclic) bond motifs is 1. The second-order valence-corrected chi connectivity index (χ2v) is 6.57. The summed E-state index contributed by atoms with van der Waals surface area (Å²) in [5.74, 6) is -0.742. The minimum atomic E-state index is -0.831. The van der Waals surface area contributed by atoms with E-state index in [1.165, 1.54) is 11.1 Å². The molecule has 0 fully saturated rings. The molecule has 1 aliphatic carbocycles. The van der Waals surface area contributed by atoms with E-state index in [1.54, 1.807) is 19.1 Å². The Bertz CT molecular complexity index is 767. The number of rotatable bonds is 4. The lowest BCUT2D eigenvalue weighted by Gasteiger charge is -2.27. The van der Waals surface area contributed by atoms with Crippen LogP contribution in [0.2, 0.25) is 0 Å². The van der Waals surface area contributed by atoms with Gasteiger partial charge in [0.25, 0.3) is 5.91 Å². The van der Waals surface area contributed by atoms with Crippen LogP contribution in [0.1, 0.15) is 52.9 Å². The van der Waals surface area contributed by atoms with Crippen LogP contribution in [0.3, 0.4) is 0 Å². The van der Waals surface area contributed by atoms with Crippen LogP contribution in [0.25, 0.3) is 0 Å². The zero-order chi connectivity index (χ0) is 17.8. The monoisotopic (exact) mass is 337 g/mol. The summed E-state index contributed by atoms with van der Waals surface area (Å²) < 4.78 is 5.32. The molecule has 25 heavy (non-hydrogen) atoms. The highest BCUT2D eigenvalue weighted by molar-refractivity contribution is 5.92. The normalized spacial score (nSPS) is 17.3. The highest BCUT2D eigenvalue weighted by Crippen LogP contribution is 2.29. The molecule has 130 valence electrons. The van der Waals surface area contributed by atoms with Crippen molar-refractivity contribution in [2.45, 2.75) is 45.3 Å². The van der Waals surface area contributed by atoms with E-state index in [4.69, 9.17) is 4.74 Å². The maximum Gasteiger partial charge on any atom is 0.338 e. The van der Waals surface area contributed by atoms with E-state index >= 15 is 0 Å². The fraction of sp³-hybridized carbons (Fsp3) is 0.333. The van der Waals surface area contributed by atoms with Gasteiger partial charge in [-0.2, -0.15) is 0 Å². The molecular formula is C21H23NO3. The van der Waals surface area contributed by atoms with E-state index in [1.807, 2.05) is 31.2 Å². The van der Waals surface area contributed by atoms with E-state index in [2.05, 4.69) is 17.4 Å². The summed E-state index contributed by atoms with van der Waals surface area (Å²) in [6, 6.07) is 15.3. The third kappa shape index (κ3) is 4.08. The van der Waals surface area contributed by atoms with Gasteiger partial charge in [-0.15, -0.1) is 0 Å². The van der Waals surface area contributed by atoms with Crippen molar-refractivity contribution in [1.82, 2.24) is 5.32 Å². The molecule has 0 saturated carbocycles. The number of amides is 1. The van der Waals surface area contributed by atoms with Crippen LogP contribution in [-0.4, -0.2) is 18.0 Å². The molecule has 0 spiro atoms. The summed E-state index contributed by atoms with van der Waals surface area (Å²) in [4.78, 5) is 24.6. The lowest BCUT2D eigenvalue weighted by molar-refractivity contribution is -0.130. The molecule has 2 atom stereocenters. The van der Waals surface area contributed by atoms with Gasteiger partial charge in [-0.1, -0.05) is 42.0 Å². The number of nitrogens with one attached hydrogen (secondary N) is 1. The molecule has 0 unspecified atom stereocenters. The number of carbonyl (C=O) groups is 2. The van der Waals surface area contributed by atoms with Gasteiger partial charge < -0.3 is 10.1 Å². The Morgan fingerprint density at radius 3 is 2.60 bits per heavy atom. The first-order valence-corrected chi connectivity index (χ1v) is 8.70. The Morgan fingerprint density at radius 2 is 1.84 bits per heavy atom. The van der Waals surface area contributed by atoms with Crippen molar-refractivity contribution in [3.8, 4) is 0 Å². The third-order valence-electron chi connectivity index (χ3n) is 4.63. The van der Waals surface area contributed by atoms with Crippen LogP contribution in [0.4, 0.5) is 0 Å². The number of aryl methyl sites for hydroxylation is 2. The molecule has 4 heteroatoms. The first-order chi connectivity index (χ1) is 12.0. The summed E-state index contributed by atoms with van der Waals surface area (Å²) >= 11 is 0. The first-order valence-electron chi connectivity index (χ1n) is 8.70. The van der Waals surface area contributed by atoms with Crippen LogP contribution in [0, 0.1) is 6.92 Å². The van der Waals surface area contributed by atoms with Crippen molar-refractivity contribution in [2.24, 2.45) is 0 Å². The maximum atomic E-state index is 12.5. The number of hydrogen-bond acceptors (Lipinski definition) is 3. The zero-order valence-corrected chi connectivity index (χ0v) is 14.6. The molecule has 0 heterocycles. The van der Waals surface area contributed by atoms with Crippen molar-refractivity contribution in [1.29, 1.82) is 0 Å². The summed E-state index contributed by atoms with van der Waals surface area (Å²) in [6.45, 7) is 3.56. The average molecular weight is 337 g/mol. The SMILES string of the molecule is Cc1ccc(C(=O)O[C@H](C)C(=O)N[C@H]2CCCc3ccccc32)cc1. The average Bonchev–Trinajstić information content (AvgIpc) is 2.62. The lowest BCUT2D eigenvalue weighted by atomic mass is 9.87. The summed E-state index contributed by atoms with van der Waals surface area (Å²) in [5.41, 5.74) is 3.97. The fourth-order valence-corrected chi connectivity index (χ4v) is 3.16. The molecule has 0 aromatic heterocycles. The predicted molar refractivity (Wildman–Crippen MR) is 96.3 cm³/mol. The van der Waals surface area contributed by atoms with Gasteiger partial charge in [0.05, 0.1) is 11.6 Å². The van der Waals surface area contributed by atoms with Crippen LogP contribution < -0.4 is 5.32 Å². The van der Waals surface area contributed by atoms with Gasteiger partial charge in [-0.3, -0.25) is 4.79 Å². The summed E-state index contributed by atoms with van der Waals surface area (Å²) in [5, 5.41) is 3.02. The summed E-state index contributed by atoms with van der Waals surface area (Å²) in [7, 11) is 0. The Kier molecular flexibility index (Phi) is 5.17. The summed E-state index contributed by atoms with van der Waals surface area (Å²) in [6.07, 6.45) is 2.16. The van der Waals surface area contributed by atoms with Crippen LogP contribution in [-0.2, 0) is 16.0 Å². The molecule has 2 aromatic carbocycles. The van der Waals surface area contributed by atoms with Crippen LogP contribution in [0.5, 0.6) is 0 Å². The molecule has 1 amide bonds. The van der Waals surface area contributed by atoms with Crippen LogP contribution in [0.15, 0.2) is 48.5 Å². The van der Waals surface area contributed by atoms with Gasteiger partial charge in [-0.25, -0.2) is 4.79 Å². The fourth-order valence-electron chi connectivity index (χ4n) is 3.16. The lowest BCUT2D eigenvalue weighted by Crippen LogP contribution is -2.39. The molecular weight excluding hydrogens is 314 g/mol. The van der Waals surface area contributed by atoms with Crippen molar-refractivity contribution in [2.75, 3.05) is 0 Å². The molecule has 1 N–H and O–H groups in total. The maximum absolute atomic E-state index is 12.5. The molecule has 3 rings (SSSR count). The van der Waals surface area contributed by atoms with Gasteiger partial charge >= 0.3 is 5.97 Å². The molecule has 1 aliphatic rings. The van der Waals surface area contributed by atoms with Crippen molar-refractivity contribution in [3.63, 3.8) is 0 Å². The Labute approximate surface area is 148 Å². The highest BCUT2D eigenvalue weighted by Gasteiger charge is 2.25. The topological polar surface area (TPSA) is 55.4 Å². The van der Waals surface area contributed by atoms with Crippen molar-refractivity contribution < 1.29 is 14.3 Å². The van der Waals surface area contributed by atoms with E-state index in [9.17, 15) is 9.59 Å². The molecule has 0 aliphatic heterocycles. The Morgan fingerprint density at radius 1 is 1.12 bits per heavy atom. The third-order valence-corrected chi connectivity index (χ3v) is 4.63. The number of esters is 1. The molecule has 0 bridgehead atoms. The molecule has 4 nitrogen and oxygen atoms in total. The number of benzene rings is 2. The van der Waals surface area contributed by atoms with Crippen molar-refractivity contribution >= 4 is 11.9 Å². The van der Waals surface area contributed by atoms with Gasteiger partial charge in [-0.05, 0) is 56.4 Å². The van der Waals surface area contributed by atoms with Crippen LogP contribution >= 0.6 is 0 Å². The first kappa shape index (κ1) is 17.2. The minimum absolute atomic E-state index is 0.0158. The molecule has 0 saturated heterocycles. The number of hydrogen-bond donors (Lipinski definition) is 1. The smallest absolute Gasteiger partial charge is 0.338 e. The molecule has 2 aromatic rings. The van der Waals surface area contributed by atoms with E-state index in [0.29, 0.717) is 5.56 Å². The van der Waals surface area contributed by atoms with Gasteiger partial charge in [0.15, 0.2) is 6.10 Å². The molecule has 0 radical (unpaired) electrons.